The molecule has 0 fully saturated rings. The molecule has 0 aliphatic carbocycles. The first-order valence-corrected chi connectivity index (χ1v) is 3.70. The van der Waals surface area contributed by atoms with Crippen molar-refractivity contribution in [3.63, 3.8) is 0 Å². The Kier molecular flexibility index (Phi) is 5.31. The summed E-state index contributed by atoms with van der Waals surface area (Å²) in [5, 5.41) is 26.5. The summed E-state index contributed by atoms with van der Waals surface area (Å²) in [5.74, 6) is -2.80. The fraction of sp³-hybridized carbons (Fsp3) is 1.00. The molecule has 0 aliphatic rings. The van der Waals surface area contributed by atoms with Gasteiger partial charge in [-0.25, -0.2) is 0 Å². The van der Waals surface area contributed by atoms with Crippen LogP contribution in [0.25, 0.3) is 0 Å². The van der Waals surface area contributed by atoms with Crippen LogP contribution in [0.15, 0.2) is 0 Å². The number of nitrogens with zero attached hydrogens (tertiary/aromatic N) is 1. The van der Waals surface area contributed by atoms with Crippen LogP contribution in [-0.2, 0) is 9.68 Å². The molecule has 0 saturated heterocycles. The summed E-state index contributed by atoms with van der Waals surface area (Å²) in [5.41, 5.74) is 0. The van der Waals surface area contributed by atoms with E-state index in [1.165, 1.54) is 0 Å². The van der Waals surface area contributed by atoms with Crippen LogP contribution in [0.2, 0.25) is 0 Å². The molecule has 0 atom stereocenters. The van der Waals surface area contributed by atoms with E-state index >= 15 is 0 Å². The number of hydroxylamine groups is 2. The zero-order valence-electron chi connectivity index (χ0n) is 7.23. The Morgan fingerprint density at radius 2 is 1.50 bits per heavy atom. The van der Waals surface area contributed by atoms with Gasteiger partial charge in [0.1, 0.15) is 6.54 Å². The first-order valence-electron chi connectivity index (χ1n) is 3.70. The minimum atomic E-state index is -2.80. The van der Waals surface area contributed by atoms with Gasteiger partial charge < -0.3 is 15.3 Å². The zero-order chi connectivity index (χ0) is 9.61. The Balaban J connectivity index is 3.77. The molecule has 0 unspecified atom stereocenters. The third-order valence-corrected chi connectivity index (χ3v) is 0.887. The second-order valence-corrected chi connectivity index (χ2v) is 2.10. The minimum Gasteiger partial charge on any atom is -0.342 e. The predicted molar refractivity (Wildman–Crippen MR) is 39.3 cm³/mol. The molecule has 0 bridgehead atoms. The molecular formula is C6H15NO5. The molecular weight excluding hydrogens is 166 g/mol. The summed E-state index contributed by atoms with van der Waals surface area (Å²) in [7, 11) is 0. The van der Waals surface area contributed by atoms with Crippen molar-refractivity contribution in [3.8, 4) is 0 Å². The minimum absolute atomic E-state index is 0.316. The van der Waals surface area contributed by atoms with Crippen LogP contribution in [0.5, 0.6) is 0 Å². The molecule has 0 saturated carbocycles. The lowest BCUT2D eigenvalue weighted by Crippen LogP contribution is -2.42. The highest BCUT2D eigenvalue weighted by Gasteiger charge is 2.24. The van der Waals surface area contributed by atoms with Gasteiger partial charge in [0, 0.05) is 0 Å². The second-order valence-electron chi connectivity index (χ2n) is 2.10. The van der Waals surface area contributed by atoms with Gasteiger partial charge in [-0.2, -0.15) is 0 Å². The molecule has 0 aromatic carbocycles. The molecule has 0 spiro atoms. The largest absolute Gasteiger partial charge is 0.342 e. The first-order chi connectivity index (χ1) is 5.49. The summed E-state index contributed by atoms with van der Waals surface area (Å²) in [6, 6.07) is 0. The van der Waals surface area contributed by atoms with Gasteiger partial charge in [0.05, 0.1) is 13.2 Å². The van der Waals surface area contributed by atoms with Crippen molar-refractivity contribution >= 4 is 0 Å². The lowest BCUT2D eigenvalue weighted by molar-refractivity contribution is -0.424. The van der Waals surface area contributed by atoms with Gasteiger partial charge in [-0.1, -0.05) is 5.23 Å². The molecule has 6 nitrogen and oxygen atoms in total. The maximum atomic E-state index is 8.55. The normalized spacial score (nSPS) is 12.5. The Morgan fingerprint density at radius 3 is 1.75 bits per heavy atom. The van der Waals surface area contributed by atoms with Crippen molar-refractivity contribution in [2.75, 3.05) is 19.8 Å². The molecule has 6 heteroatoms. The van der Waals surface area contributed by atoms with Crippen molar-refractivity contribution in [1.82, 2.24) is 5.23 Å². The maximum absolute atomic E-state index is 8.55. The molecule has 12 heavy (non-hydrogen) atoms. The summed E-state index contributed by atoms with van der Waals surface area (Å²) in [4.78, 5) is 9.58. The lowest BCUT2D eigenvalue weighted by atomic mass is 10.6. The molecule has 0 aromatic heterocycles. The maximum Gasteiger partial charge on any atom is 0.293 e. The smallest absolute Gasteiger partial charge is 0.293 e. The number of rotatable bonds is 6. The van der Waals surface area contributed by atoms with Gasteiger partial charge in [0.2, 0.25) is 0 Å². The molecule has 74 valence electrons. The summed E-state index contributed by atoms with van der Waals surface area (Å²) >= 11 is 0. The summed E-state index contributed by atoms with van der Waals surface area (Å²) in [6.07, 6.45) is 0. The van der Waals surface area contributed by atoms with E-state index in [9.17, 15) is 0 Å². The topological polar surface area (TPSA) is 82.4 Å². The molecule has 0 amide bonds. The zero-order valence-corrected chi connectivity index (χ0v) is 7.23. The van der Waals surface area contributed by atoms with E-state index in [4.69, 9.17) is 25.0 Å². The third-order valence-electron chi connectivity index (χ3n) is 0.887. The van der Waals surface area contributed by atoms with E-state index in [1.54, 1.807) is 13.8 Å². The van der Waals surface area contributed by atoms with Crippen LogP contribution >= 0.6 is 0 Å². The Morgan fingerprint density at radius 1 is 1.08 bits per heavy atom. The highest BCUT2D eigenvalue weighted by Crippen LogP contribution is 2.00. The highest BCUT2D eigenvalue weighted by atomic mass is 17.0. The fourth-order valence-electron chi connectivity index (χ4n) is 0.590. The third kappa shape index (κ3) is 6.47. The molecule has 0 aliphatic heterocycles. The summed E-state index contributed by atoms with van der Waals surface area (Å²) < 4.78 is 0. The standard InChI is InChI=1S/C6H15NO5/c1-3-11-7(12-4-2)5-6(8,9)10/h8-10H,3-5H2,1-2H3. The van der Waals surface area contributed by atoms with Crippen LogP contribution in [0, 0.1) is 0 Å². The fourth-order valence-corrected chi connectivity index (χ4v) is 0.590. The van der Waals surface area contributed by atoms with Gasteiger partial charge in [0.15, 0.2) is 0 Å². The quantitative estimate of drug-likeness (QED) is 0.353. The average molecular weight is 181 g/mol. The summed E-state index contributed by atoms with van der Waals surface area (Å²) in [6.45, 7) is 3.50. The van der Waals surface area contributed by atoms with Crippen molar-refractivity contribution < 1.29 is 25.0 Å². The molecule has 0 heterocycles. The van der Waals surface area contributed by atoms with Crippen LogP contribution in [0.4, 0.5) is 0 Å². The van der Waals surface area contributed by atoms with Crippen molar-refractivity contribution in [2.24, 2.45) is 0 Å². The highest BCUT2D eigenvalue weighted by molar-refractivity contribution is 4.45. The Labute approximate surface area is 70.8 Å². The second kappa shape index (κ2) is 5.41. The van der Waals surface area contributed by atoms with E-state index in [0.29, 0.717) is 13.2 Å². The van der Waals surface area contributed by atoms with E-state index in [2.05, 4.69) is 0 Å². The van der Waals surface area contributed by atoms with Gasteiger partial charge in [0.25, 0.3) is 5.97 Å². The van der Waals surface area contributed by atoms with Gasteiger partial charge in [-0.3, -0.25) is 9.68 Å². The number of aliphatic hydroxyl groups is 3. The Hall–Kier alpha value is -0.240. The van der Waals surface area contributed by atoms with Crippen LogP contribution in [-0.4, -0.2) is 46.3 Å². The SMILES string of the molecule is CCON(CC(O)(O)O)OCC. The van der Waals surface area contributed by atoms with Crippen molar-refractivity contribution in [2.45, 2.75) is 19.8 Å². The van der Waals surface area contributed by atoms with Gasteiger partial charge >= 0.3 is 0 Å². The van der Waals surface area contributed by atoms with E-state index in [1.807, 2.05) is 0 Å². The molecule has 0 rings (SSSR count). The monoisotopic (exact) mass is 181 g/mol. The first kappa shape index (κ1) is 11.8. The van der Waals surface area contributed by atoms with E-state index in [-0.39, 0.29) is 0 Å². The number of hydrogen-bond donors (Lipinski definition) is 3. The van der Waals surface area contributed by atoms with Gasteiger partial charge in [-0.15, -0.1) is 0 Å². The van der Waals surface area contributed by atoms with Crippen molar-refractivity contribution in [1.29, 1.82) is 0 Å². The van der Waals surface area contributed by atoms with E-state index in [0.717, 1.165) is 5.23 Å². The average Bonchev–Trinajstić information content (AvgIpc) is 1.84. The Bertz CT molecular complexity index is 107. The van der Waals surface area contributed by atoms with Gasteiger partial charge in [-0.05, 0) is 13.8 Å². The van der Waals surface area contributed by atoms with Crippen LogP contribution in [0.3, 0.4) is 0 Å². The predicted octanol–water partition coefficient (Wildman–Crippen LogP) is -1.18. The van der Waals surface area contributed by atoms with Crippen LogP contribution in [0.1, 0.15) is 13.8 Å². The molecule has 0 radical (unpaired) electrons. The molecule has 0 aromatic rings. The number of hydrogen-bond acceptors (Lipinski definition) is 6. The van der Waals surface area contributed by atoms with Crippen molar-refractivity contribution in [3.05, 3.63) is 0 Å². The van der Waals surface area contributed by atoms with Crippen LogP contribution < -0.4 is 0 Å². The van der Waals surface area contributed by atoms with E-state index < -0.39 is 12.5 Å². The molecule has 3 N–H and O–H groups in total. The lowest BCUT2D eigenvalue weighted by Gasteiger charge is -2.23.